The van der Waals surface area contributed by atoms with E-state index in [1.54, 1.807) is 12.1 Å². The first-order chi connectivity index (χ1) is 14.2. The largest absolute Gasteiger partial charge is 0.467 e. The highest BCUT2D eigenvalue weighted by Crippen LogP contribution is 2.31. The smallest absolute Gasteiger partial charge is 0.416 e. The van der Waals surface area contributed by atoms with Gasteiger partial charge in [0.1, 0.15) is 17.5 Å². The number of nitrogens with zero attached hydrogens (tertiary/aromatic N) is 1. The van der Waals surface area contributed by atoms with Crippen molar-refractivity contribution in [2.45, 2.75) is 25.7 Å². The first-order valence-corrected chi connectivity index (χ1v) is 9.61. The number of carbonyl (C=O) groups is 2. The molecule has 3 rings (SSSR count). The third-order valence-corrected chi connectivity index (χ3v) is 4.69. The summed E-state index contributed by atoms with van der Waals surface area (Å²) in [7, 11) is 0. The van der Waals surface area contributed by atoms with Crippen molar-refractivity contribution in [3.05, 3.63) is 65.1 Å². The van der Waals surface area contributed by atoms with Gasteiger partial charge in [-0.3, -0.25) is 9.59 Å². The summed E-state index contributed by atoms with van der Waals surface area (Å²) in [6.07, 6.45) is -2.97. The van der Waals surface area contributed by atoms with Crippen LogP contribution >= 0.6 is 11.3 Å². The van der Waals surface area contributed by atoms with E-state index < -0.39 is 29.6 Å². The molecule has 0 aliphatic rings. The zero-order valence-electron chi connectivity index (χ0n) is 15.6. The van der Waals surface area contributed by atoms with Gasteiger partial charge in [-0.25, -0.2) is 4.98 Å². The molecule has 0 saturated carbocycles. The number of nitrogens with one attached hydrogen (secondary N) is 3. The fourth-order valence-electron chi connectivity index (χ4n) is 2.41. The second-order valence-corrected chi connectivity index (χ2v) is 7.09. The zero-order valence-corrected chi connectivity index (χ0v) is 16.4. The molecule has 2 amide bonds. The Labute approximate surface area is 173 Å². The van der Waals surface area contributed by atoms with Crippen LogP contribution in [0.15, 0.2) is 52.5 Å². The summed E-state index contributed by atoms with van der Waals surface area (Å²) >= 11 is 1.05. The summed E-state index contributed by atoms with van der Waals surface area (Å²) < 4.78 is 43.5. The normalized spacial score (nSPS) is 12.3. The summed E-state index contributed by atoms with van der Waals surface area (Å²) in [5, 5.41) is 9.58. The van der Waals surface area contributed by atoms with Gasteiger partial charge in [-0.15, -0.1) is 11.3 Å². The number of carbonyl (C=O) groups excluding carboxylic acids is 2. The first kappa shape index (κ1) is 21.4. The number of furan rings is 1. The van der Waals surface area contributed by atoms with E-state index in [4.69, 9.17) is 4.42 Å². The Hall–Kier alpha value is -3.34. The van der Waals surface area contributed by atoms with Crippen molar-refractivity contribution in [2.75, 3.05) is 5.32 Å². The topological polar surface area (TPSA) is 96.3 Å². The van der Waals surface area contributed by atoms with Crippen molar-refractivity contribution < 1.29 is 27.2 Å². The van der Waals surface area contributed by atoms with E-state index in [1.807, 2.05) is 0 Å². The molecule has 2 aromatic heterocycles. The van der Waals surface area contributed by atoms with E-state index in [0.29, 0.717) is 5.76 Å². The molecule has 2 heterocycles. The number of hydrogen-bond donors (Lipinski definition) is 3. The van der Waals surface area contributed by atoms with E-state index in [0.717, 1.165) is 23.5 Å². The molecule has 7 nitrogen and oxygen atoms in total. The molecule has 0 aliphatic heterocycles. The number of amides is 2. The number of benzene rings is 1. The molecule has 30 heavy (non-hydrogen) atoms. The SMILES string of the molecule is CC(NC(=O)c1csc(Nc2cccc(C(F)(F)F)c2)n1)C(=O)NCc1ccco1. The lowest BCUT2D eigenvalue weighted by Gasteiger charge is -2.12. The van der Waals surface area contributed by atoms with Crippen LogP contribution in [0.3, 0.4) is 0 Å². The van der Waals surface area contributed by atoms with Crippen LogP contribution < -0.4 is 16.0 Å². The van der Waals surface area contributed by atoms with Gasteiger partial charge < -0.3 is 20.4 Å². The summed E-state index contributed by atoms with van der Waals surface area (Å²) in [5.41, 5.74) is -0.562. The molecular formula is C19H17F3N4O3S. The zero-order chi connectivity index (χ0) is 21.7. The molecule has 11 heteroatoms. The van der Waals surface area contributed by atoms with Crippen LogP contribution in [-0.4, -0.2) is 22.8 Å². The monoisotopic (exact) mass is 438 g/mol. The molecule has 1 atom stereocenters. The second kappa shape index (κ2) is 8.99. The molecule has 0 fully saturated rings. The van der Waals surface area contributed by atoms with Gasteiger partial charge in [-0.1, -0.05) is 6.07 Å². The number of aromatic nitrogens is 1. The fourth-order valence-corrected chi connectivity index (χ4v) is 3.12. The predicted molar refractivity (Wildman–Crippen MR) is 104 cm³/mol. The molecule has 158 valence electrons. The minimum Gasteiger partial charge on any atom is -0.467 e. The Bertz CT molecular complexity index is 1020. The van der Waals surface area contributed by atoms with E-state index in [-0.39, 0.29) is 23.1 Å². The lowest BCUT2D eigenvalue weighted by atomic mass is 10.2. The van der Waals surface area contributed by atoms with Crippen molar-refractivity contribution in [3.8, 4) is 0 Å². The van der Waals surface area contributed by atoms with Crippen LogP contribution in [-0.2, 0) is 17.5 Å². The van der Waals surface area contributed by atoms with Gasteiger partial charge in [0.05, 0.1) is 18.4 Å². The average Bonchev–Trinajstić information content (AvgIpc) is 3.37. The van der Waals surface area contributed by atoms with E-state index in [1.165, 1.54) is 30.7 Å². The minimum atomic E-state index is -4.46. The van der Waals surface area contributed by atoms with Gasteiger partial charge in [-0.05, 0) is 37.3 Å². The van der Waals surface area contributed by atoms with Gasteiger partial charge in [0.15, 0.2) is 5.13 Å². The Morgan fingerprint density at radius 3 is 2.73 bits per heavy atom. The van der Waals surface area contributed by atoms with Gasteiger partial charge >= 0.3 is 6.18 Å². The maximum Gasteiger partial charge on any atom is 0.416 e. The number of anilines is 2. The van der Waals surface area contributed by atoms with Crippen molar-refractivity contribution in [1.29, 1.82) is 0 Å². The third-order valence-electron chi connectivity index (χ3n) is 3.94. The van der Waals surface area contributed by atoms with Crippen LogP contribution in [0, 0.1) is 0 Å². The van der Waals surface area contributed by atoms with Crippen LogP contribution in [0.4, 0.5) is 24.0 Å². The quantitative estimate of drug-likeness (QED) is 0.519. The number of hydrogen-bond acceptors (Lipinski definition) is 6. The van der Waals surface area contributed by atoms with Gasteiger partial charge in [0, 0.05) is 11.1 Å². The standard InChI is InChI=1S/C19H17F3N4O3S/c1-11(16(27)23-9-14-6-3-7-29-14)24-17(28)15-10-30-18(26-15)25-13-5-2-4-12(8-13)19(20,21)22/h2-8,10-11H,9H2,1H3,(H,23,27)(H,24,28)(H,25,26). The number of alkyl halides is 3. The van der Waals surface area contributed by atoms with Gasteiger partial charge in [0.2, 0.25) is 5.91 Å². The van der Waals surface area contributed by atoms with Crippen molar-refractivity contribution in [2.24, 2.45) is 0 Å². The summed E-state index contributed by atoms with van der Waals surface area (Å²) in [6, 6.07) is 7.22. The maximum absolute atomic E-state index is 12.8. The molecule has 3 aromatic rings. The van der Waals surface area contributed by atoms with Crippen LogP contribution in [0.5, 0.6) is 0 Å². The van der Waals surface area contributed by atoms with Crippen LogP contribution in [0.25, 0.3) is 0 Å². The summed E-state index contributed by atoms with van der Waals surface area (Å²) in [6.45, 7) is 1.71. The molecular weight excluding hydrogens is 421 g/mol. The van der Waals surface area contributed by atoms with Crippen molar-refractivity contribution >= 4 is 34.0 Å². The van der Waals surface area contributed by atoms with Crippen LogP contribution in [0.2, 0.25) is 0 Å². The molecule has 1 aromatic carbocycles. The Morgan fingerprint density at radius 2 is 2.03 bits per heavy atom. The molecule has 0 saturated heterocycles. The van der Waals surface area contributed by atoms with E-state index in [9.17, 15) is 22.8 Å². The molecule has 0 bridgehead atoms. The van der Waals surface area contributed by atoms with Crippen molar-refractivity contribution in [3.63, 3.8) is 0 Å². The van der Waals surface area contributed by atoms with Gasteiger partial charge in [0.25, 0.3) is 5.91 Å². The number of halogens is 3. The number of thiazole rings is 1. The van der Waals surface area contributed by atoms with Gasteiger partial charge in [-0.2, -0.15) is 13.2 Å². The fraction of sp³-hybridized carbons (Fsp3) is 0.211. The molecule has 0 radical (unpaired) electrons. The predicted octanol–water partition coefficient (Wildman–Crippen LogP) is 3.93. The first-order valence-electron chi connectivity index (χ1n) is 8.73. The Morgan fingerprint density at radius 1 is 1.23 bits per heavy atom. The molecule has 3 N–H and O–H groups in total. The molecule has 1 unspecified atom stereocenters. The Kier molecular flexibility index (Phi) is 6.40. The lowest BCUT2D eigenvalue weighted by molar-refractivity contribution is -0.137. The van der Waals surface area contributed by atoms with E-state index in [2.05, 4.69) is 20.9 Å². The molecule has 0 spiro atoms. The molecule has 0 aliphatic carbocycles. The summed E-state index contributed by atoms with van der Waals surface area (Å²) in [4.78, 5) is 28.4. The van der Waals surface area contributed by atoms with Crippen molar-refractivity contribution in [1.82, 2.24) is 15.6 Å². The highest BCUT2D eigenvalue weighted by atomic mass is 32.1. The summed E-state index contributed by atoms with van der Waals surface area (Å²) in [5.74, 6) is -0.409. The number of rotatable bonds is 7. The Balaban J connectivity index is 1.56. The minimum absolute atomic E-state index is 0.0418. The maximum atomic E-state index is 12.8. The second-order valence-electron chi connectivity index (χ2n) is 6.23. The van der Waals surface area contributed by atoms with Crippen LogP contribution in [0.1, 0.15) is 28.7 Å². The lowest BCUT2D eigenvalue weighted by Crippen LogP contribution is -2.44. The average molecular weight is 438 g/mol. The third kappa shape index (κ3) is 5.60. The van der Waals surface area contributed by atoms with E-state index >= 15 is 0 Å². The highest BCUT2D eigenvalue weighted by molar-refractivity contribution is 7.14. The highest BCUT2D eigenvalue weighted by Gasteiger charge is 2.30.